The summed E-state index contributed by atoms with van der Waals surface area (Å²) < 4.78 is 1.82. The lowest BCUT2D eigenvalue weighted by Crippen LogP contribution is -2.05. The molecule has 4 rings (SSSR count). The molecule has 1 unspecified atom stereocenters. The van der Waals surface area contributed by atoms with Gasteiger partial charge in [0, 0.05) is 24.7 Å². The maximum absolute atomic E-state index is 4.73. The van der Waals surface area contributed by atoms with E-state index in [0.717, 1.165) is 34.6 Å². The van der Waals surface area contributed by atoms with E-state index in [2.05, 4.69) is 54.0 Å². The quantitative estimate of drug-likeness (QED) is 0.616. The van der Waals surface area contributed by atoms with E-state index in [-0.39, 0.29) is 5.92 Å². The Balaban J connectivity index is 1.60. The average molecular weight is 319 g/mol. The van der Waals surface area contributed by atoms with Gasteiger partial charge < -0.3 is 4.98 Å². The van der Waals surface area contributed by atoms with Crippen LogP contribution in [0.4, 0.5) is 0 Å². The molecular weight excluding hydrogens is 298 g/mol. The van der Waals surface area contributed by atoms with Crippen LogP contribution < -0.4 is 0 Å². The van der Waals surface area contributed by atoms with Crippen LogP contribution in [0.15, 0.2) is 42.7 Å². The second kappa shape index (κ2) is 5.74. The summed E-state index contributed by atoms with van der Waals surface area (Å²) in [5, 5.41) is 4.64. The summed E-state index contributed by atoms with van der Waals surface area (Å²) in [5.74, 6) is 1.80. The second-order valence-corrected chi connectivity index (χ2v) is 6.71. The number of aromatic nitrogens is 5. The predicted octanol–water partition coefficient (Wildman–Crippen LogP) is 4.08. The third kappa shape index (κ3) is 2.66. The van der Waals surface area contributed by atoms with Crippen molar-refractivity contribution >= 4 is 16.7 Å². The molecule has 0 fully saturated rings. The molecule has 0 spiro atoms. The van der Waals surface area contributed by atoms with Gasteiger partial charge in [0.2, 0.25) is 0 Å². The number of aromatic amines is 1. The van der Waals surface area contributed by atoms with Crippen LogP contribution in [-0.2, 0) is 6.42 Å². The lowest BCUT2D eigenvalue weighted by molar-refractivity contribution is 0.680. The van der Waals surface area contributed by atoms with Crippen molar-refractivity contribution in [3.8, 4) is 0 Å². The highest BCUT2D eigenvalue weighted by Crippen LogP contribution is 2.22. The summed E-state index contributed by atoms with van der Waals surface area (Å²) in [4.78, 5) is 12.4. The molecule has 3 heterocycles. The first-order valence-corrected chi connectivity index (χ1v) is 8.39. The SMILES string of the molecule is CC(C)c1ccc2nc(CC(C)c3ccc4nccn4n3)[nH]c2c1. The number of benzene rings is 1. The molecule has 0 aliphatic carbocycles. The molecule has 1 atom stereocenters. The van der Waals surface area contributed by atoms with Gasteiger partial charge in [0.15, 0.2) is 5.65 Å². The fourth-order valence-corrected chi connectivity index (χ4v) is 3.02. The van der Waals surface area contributed by atoms with E-state index in [0.29, 0.717) is 5.92 Å². The monoisotopic (exact) mass is 319 g/mol. The van der Waals surface area contributed by atoms with E-state index in [9.17, 15) is 0 Å². The van der Waals surface area contributed by atoms with Gasteiger partial charge >= 0.3 is 0 Å². The molecular formula is C19H21N5. The topological polar surface area (TPSA) is 58.9 Å². The Morgan fingerprint density at radius 1 is 1.12 bits per heavy atom. The molecule has 0 saturated heterocycles. The Morgan fingerprint density at radius 2 is 2.00 bits per heavy atom. The molecule has 3 aromatic heterocycles. The Hall–Kier alpha value is -2.69. The fraction of sp³-hybridized carbons (Fsp3) is 0.316. The highest BCUT2D eigenvalue weighted by molar-refractivity contribution is 5.76. The van der Waals surface area contributed by atoms with Gasteiger partial charge in [0.1, 0.15) is 5.82 Å². The van der Waals surface area contributed by atoms with Gasteiger partial charge in [0.05, 0.1) is 16.7 Å². The molecule has 0 bridgehead atoms. The molecule has 1 aromatic carbocycles. The van der Waals surface area contributed by atoms with E-state index < -0.39 is 0 Å². The minimum Gasteiger partial charge on any atom is -0.342 e. The highest BCUT2D eigenvalue weighted by atomic mass is 15.2. The highest BCUT2D eigenvalue weighted by Gasteiger charge is 2.13. The smallest absolute Gasteiger partial charge is 0.153 e. The van der Waals surface area contributed by atoms with Crippen molar-refractivity contribution in [3.63, 3.8) is 0 Å². The molecule has 0 aliphatic heterocycles. The molecule has 0 aliphatic rings. The van der Waals surface area contributed by atoms with Crippen LogP contribution in [0.3, 0.4) is 0 Å². The first kappa shape index (κ1) is 14.9. The first-order chi connectivity index (χ1) is 11.6. The lowest BCUT2D eigenvalue weighted by Gasteiger charge is -2.09. The Morgan fingerprint density at radius 3 is 2.83 bits per heavy atom. The van der Waals surface area contributed by atoms with Crippen molar-refractivity contribution in [1.82, 2.24) is 24.6 Å². The zero-order chi connectivity index (χ0) is 16.7. The summed E-state index contributed by atoms with van der Waals surface area (Å²) in [7, 11) is 0. The fourth-order valence-electron chi connectivity index (χ4n) is 3.02. The first-order valence-electron chi connectivity index (χ1n) is 8.39. The summed E-state index contributed by atoms with van der Waals surface area (Å²) in [6.07, 6.45) is 4.47. The number of hydrogen-bond donors (Lipinski definition) is 1. The van der Waals surface area contributed by atoms with Crippen LogP contribution in [0.5, 0.6) is 0 Å². The molecule has 0 radical (unpaired) electrons. The van der Waals surface area contributed by atoms with E-state index in [1.807, 2.05) is 22.8 Å². The molecule has 24 heavy (non-hydrogen) atoms. The summed E-state index contributed by atoms with van der Waals surface area (Å²) in [6.45, 7) is 6.59. The number of H-pyrrole nitrogens is 1. The van der Waals surface area contributed by atoms with Crippen LogP contribution in [0.2, 0.25) is 0 Å². The van der Waals surface area contributed by atoms with Gasteiger partial charge in [0.25, 0.3) is 0 Å². The standard InChI is InChI=1S/C19H21N5/c1-12(2)14-4-5-16-17(11-14)22-18(21-16)10-13(3)15-6-7-19-20-8-9-24(19)23-15/h4-9,11-13H,10H2,1-3H3,(H,21,22). The van der Waals surface area contributed by atoms with E-state index >= 15 is 0 Å². The second-order valence-electron chi connectivity index (χ2n) is 6.71. The molecule has 1 N–H and O–H groups in total. The molecule has 0 amide bonds. The van der Waals surface area contributed by atoms with Crippen LogP contribution in [-0.4, -0.2) is 24.6 Å². The normalized spacial score (nSPS) is 13.2. The molecule has 5 heteroatoms. The lowest BCUT2D eigenvalue weighted by atomic mass is 10.0. The van der Waals surface area contributed by atoms with Crippen molar-refractivity contribution in [2.45, 2.75) is 39.0 Å². The van der Waals surface area contributed by atoms with Crippen molar-refractivity contribution in [2.24, 2.45) is 0 Å². The van der Waals surface area contributed by atoms with Crippen molar-refractivity contribution in [3.05, 3.63) is 59.8 Å². The zero-order valence-electron chi connectivity index (χ0n) is 14.2. The van der Waals surface area contributed by atoms with E-state index in [1.165, 1.54) is 5.56 Å². The van der Waals surface area contributed by atoms with Crippen LogP contribution >= 0.6 is 0 Å². The van der Waals surface area contributed by atoms with E-state index in [4.69, 9.17) is 4.98 Å². The Kier molecular flexibility index (Phi) is 3.56. The number of nitrogens with one attached hydrogen (secondary N) is 1. The van der Waals surface area contributed by atoms with Crippen molar-refractivity contribution in [2.75, 3.05) is 0 Å². The molecule has 0 saturated carbocycles. The molecule has 122 valence electrons. The van der Waals surface area contributed by atoms with E-state index in [1.54, 1.807) is 6.20 Å². The maximum Gasteiger partial charge on any atom is 0.153 e. The van der Waals surface area contributed by atoms with Gasteiger partial charge in [-0.05, 0) is 35.7 Å². The molecule has 4 aromatic rings. The largest absolute Gasteiger partial charge is 0.342 e. The number of rotatable bonds is 4. The van der Waals surface area contributed by atoms with Gasteiger partial charge in [-0.25, -0.2) is 14.5 Å². The van der Waals surface area contributed by atoms with Gasteiger partial charge in [-0.1, -0.05) is 26.8 Å². The van der Waals surface area contributed by atoms with Crippen LogP contribution in [0, 0.1) is 0 Å². The minimum absolute atomic E-state index is 0.280. The zero-order valence-corrected chi connectivity index (χ0v) is 14.2. The van der Waals surface area contributed by atoms with Gasteiger partial charge in [-0.2, -0.15) is 5.10 Å². The van der Waals surface area contributed by atoms with Gasteiger partial charge in [-0.3, -0.25) is 0 Å². The average Bonchev–Trinajstić information content (AvgIpc) is 3.18. The van der Waals surface area contributed by atoms with Crippen molar-refractivity contribution in [1.29, 1.82) is 0 Å². The summed E-state index contributed by atoms with van der Waals surface area (Å²) >= 11 is 0. The third-order valence-corrected chi connectivity index (χ3v) is 4.50. The van der Waals surface area contributed by atoms with Gasteiger partial charge in [-0.15, -0.1) is 0 Å². The van der Waals surface area contributed by atoms with Crippen LogP contribution in [0.1, 0.15) is 49.7 Å². The number of hydrogen-bond acceptors (Lipinski definition) is 3. The predicted molar refractivity (Wildman–Crippen MR) is 95.3 cm³/mol. The summed E-state index contributed by atoms with van der Waals surface area (Å²) in [5.41, 5.74) is 5.39. The summed E-state index contributed by atoms with van der Waals surface area (Å²) in [6, 6.07) is 10.5. The number of nitrogens with zero attached hydrogens (tertiary/aromatic N) is 4. The number of imidazole rings is 2. The minimum atomic E-state index is 0.280. The Bertz CT molecular complexity index is 995. The van der Waals surface area contributed by atoms with Crippen LogP contribution in [0.25, 0.3) is 16.7 Å². The maximum atomic E-state index is 4.73. The number of fused-ring (bicyclic) bond motifs is 2. The third-order valence-electron chi connectivity index (χ3n) is 4.50. The Labute approximate surface area is 140 Å². The van der Waals surface area contributed by atoms with Crippen molar-refractivity contribution < 1.29 is 0 Å². The molecule has 5 nitrogen and oxygen atoms in total.